The summed E-state index contributed by atoms with van der Waals surface area (Å²) in [4.78, 5) is 15.7. The number of amides is 1. The van der Waals surface area contributed by atoms with E-state index in [4.69, 9.17) is 0 Å². The highest BCUT2D eigenvalue weighted by molar-refractivity contribution is 5.76. The summed E-state index contributed by atoms with van der Waals surface area (Å²) < 4.78 is 0. The smallest absolute Gasteiger partial charge is 0.220 e. The van der Waals surface area contributed by atoms with Gasteiger partial charge in [0.1, 0.15) is 12.2 Å². The van der Waals surface area contributed by atoms with Crippen LogP contribution in [-0.4, -0.2) is 27.6 Å². The molecule has 0 aliphatic heterocycles. The molecule has 0 atom stereocenters. The summed E-state index contributed by atoms with van der Waals surface area (Å²) in [5.74, 6) is 0.960. The van der Waals surface area contributed by atoms with Gasteiger partial charge in [-0.2, -0.15) is 5.10 Å². The molecule has 2 aromatic rings. The van der Waals surface area contributed by atoms with E-state index < -0.39 is 0 Å². The second kappa shape index (κ2) is 7.43. The Bertz CT molecular complexity index is 519. The number of carbonyl (C=O) groups is 1. The fraction of sp³-hybridized carbons (Fsp3) is 0.400. The summed E-state index contributed by atoms with van der Waals surface area (Å²) in [7, 11) is 0. The standard InChI is InChI=1S/C15H20N4O/c1-12-4-6-13(7-5-12)8-9-15(20)16-10-2-3-14-17-11-18-19-14/h4-7,11H,2-3,8-10H2,1H3,(H,16,20)(H,17,18,19). The molecular formula is C15H20N4O. The molecule has 0 unspecified atom stereocenters. The lowest BCUT2D eigenvalue weighted by Crippen LogP contribution is -2.25. The van der Waals surface area contributed by atoms with Crippen LogP contribution in [0.1, 0.15) is 29.8 Å². The van der Waals surface area contributed by atoms with Crippen molar-refractivity contribution in [1.29, 1.82) is 0 Å². The number of carbonyl (C=O) groups excluding carboxylic acids is 1. The van der Waals surface area contributed by atoms with Crippen molar-refractivity contribution in [3.05, 3.63) is 47.5 Å². The highest BCUT2D eigenvalue weighted by atomic mass is 16.1. The minimum Gasteiger partial charge on any atom is -0.356 e. The van der Waals surface area contributed by atoms with Crippen LogP contribution in [0.2, 0.25) is 0 Å². The lowest BCUT2D eigenvalue weighted by Gasteiger charge is -2.05. The minimum absolute atomic E-state index is 0.100. The Labute approximate surface area is 118 Å². The molecule has 1 aromatic carbocycles. The summed E-state index contributed by atoms with van der Waals surface area (Å²) in [5, 5.41) is 9.51. The predicted octanol–water partition coefficient (Wildman–Crippen LogP) is 1.79. The quantitative estimate of drug-likeness (QED) is 0.755. The number of H-pyrrole nitrogens is 1. The number of benzene rings is 1. The molecule has 5 nitrogen and oxygen atoms in total. The van der Waals surface area contributed by atoms with E-state index in [0.717, 1.165) is 25.1 Å². The first-order valence-corrected chi connectivity index (χ1v) is 6.90. The molecular weight excluding hydrogens is 252 g/mol. The molecule has 1 aromatic heterocycles. The molecule has 0 bridgehead atoms. The highest BCUT2D eigenvalue weighted by Gasteiger charge is 2.02. The van der Waals surface area contributed by atoms with E-state index in [9.17, 15) is 4.79 Å². The van der Waals surface area contributed by atoms with Crippen LogP contribution >= 0.6 is 0 Å². The van der Waals surface area contributed by atoms with Gasteiger partial charge in [-0.05, 0) is 25.3 Å². The fourth-order valence-corrected chi connectivity index (χ4v) is 1.94. The van der Waals surface area contributed by atoms with E-state index in [0.29, 0.717) is 13.0 Å². The number of aryl methyl sites for hydroxylation is 3. The Balaban J connectivity index is 1.59. The van der Waals surface area contributed by atoms with Gasteiger partial charge >= 0.3 is 0 Å². The Kier molecular flexibility index (Phi) is 5.29. The maximum absolute atomic E-state index is 11.7. The summed E-state index contributed by atoms with van der Waals surface area (Å²) in [6, 6.07) is 8.30. The van der Waals surface area contributed by atoms with Crippen LogP contribution in [0.15, 0.2) is 30.6 Å². The molecule has 20 heavy (non-hydrogen) atoms. The first-order valence-electron chi connectivity index (χ1n) is 6.90. The van der Waals surface area contributed by atoms with Crippen molar-refractivity contribution in [2.24, 2.45) is 0 Å². The summed E-state index contributed by atoms with van der Waals surface area (Å²) in [6.45, 7) is 2.73. The molecule has 2 rings (SSSR count). The number of aromatic amines is 1. The number of hydrogen-bond acceptors (Lipinski definition) is 3. The van der Waals surface area contributed by atoms with Crippen LogP contribution < -0.4 is 5.32 Å². The second-order valence-electron chi connectivity index (χ2n) is 4.87. The van der Waals surface area contributed by atoms with E-state index in [-0.39, 0.29) is 5.91 Å². The van der Waals surface area contributed by atoms with E-state index in [2.05, 4.69) is 51.7 Å². The van der Waals surface area contributed by atoms with Crippen molar-refractivity contribution in [3.63, 3.8) is 0 Å². The Morgan fingerprint density at radius 1 is 1.25 bits per heavy atom. The molecule has 0 saturated heterocycles. The van der Waals surface area contributed by atoms with Crippen LogP contribution in [0.25, 0.3) is 0 Å². The van der Waals surface area contributed by atoms with Crippen molar-refractivity contribution >= 4 is 5.91 Å². The number of aromatic nitrogens is 3. The second-order valence-corrected chi connectivity index (χ2v) is 4.87. The van der Waals surface area contributed by atoms with Crippen molar-refractivity contribution in [1.82, 2.24) is 20.5 Å². The van der Waals surface area contributed by atoms with E-state index in [1.165, 1.54) is 17.5 Å². The zero-order chi connectivity index (χ0) is 14.2. The van der Waals surface area contributed by atoms with Gasteiger partial charge in [-0.1, -0.05) is 29.8 Å². The number of rotatable bonds is 7. The molecule has 0 saturated carbocycles. The van der Waals surface area contributed by atoms with Crippen LogP contribution in [-0.2, 0) is 17.6 Å². The lowest BCUT2D eigenvalue weighted by molar-refractivity contribution is -0.121. The zero-order valence-corrected chi connectivity index (χ0v) is 11.7. The third-order valence-corrected chi connectivity index (χ3v) is 3.14. The first-order chi connectivity index (χ1) is 9.74. The molecule has 0 spiro atoms. The molecule has 0 aliphatic rings. The number of nitrogens with zero attached hydrogens (tertiary/aromatic N) is 2. The van der Waals surface area contributed by atoms with Gasteiger partial charge in [0, 0.05) is 19.4 Å². The van der Waals surface area contributed by atoms with E-state index >= 15 is 0 Å². The normalized spacial score (nSPS) is 10.4. The van der Waals surface area contributed by atoms with Crippen LogP contribution in [0.5, 0.6) is 0 Å². The third-order valence-electron chi connectivity index (χ3n) is 3.14. The van der Waals surface area contributed by atoms with Crippen LogP contribution in [0.3, 0.4) is 0 Å². The van der Waals surface area contributed by atoms with Crippen molar-refractivity contribution in [2.45, 2.75) is 32.6 Å². The van der Waals surface area contributed by atoms with Gasteiger partial charge in [0.05, 0.1) is 0 Å². The van der Waals surface area contributed by atoms with Crippen molar-refractivity contribution in [2.75, 3.05) is 6.54 Å². The van der Waals surface area contributed by atoms with E-state index in [1.807, 2.05) is 0 Å². The van der Waals surface area contributed by atoms with Gasteiger partial charge in [0.25, 0.3) is 0 Å². The SMILES string of the molecule is Cc1ccc(CCC(=O)NCCCc2ncn[nH]2)cc1. The van der Waals surface area contributed by atoms with Crippen LogP contribution in [0.4, 0.5) is 0 Å². The molecule has 2 N–H and O–H groups in total. The van der Waals surface area contributed by atoms with E-state index in [1.54, 1.807) is 0 Å². The van der Waals surface area contributed by atoms with Gasteiger partial charge in [0.15, 0.2) is 0 Å². The molecule has 0 aliphatic carbocycles. The fourth-order valence-electron chi connectivity index (χ4n) is 1.94. The number of nitrogens with one attached hydrogen (secondary N) is 2. The molecule has 1 heterocycles. The molecule has 0 radical (unpaired) electrons. The van der Waals surface area contributed by atoms with Crippen LogP contribution in [0, 0.1) is 6.92 Å². The van der Waals surface area contributed by atoms with Crippen molar-refractivity contribution < 1.29 is 4.79 Å². The maximum atomic E-state index is 11.7. The van der Waals surface area contributed by atoms with Gasteiger partial charge in [-0.25, -0.2) is 4.98 Å². The monoisotopic (exact) mass is 272 g/mol. The lowest BCUT2D eigenvalue weighted by atomic mass is 10.1. The topological polar surface area (TPSA) is 70.7 Å². The Morgan fingerprint density at radius 3 is 2.75 bits per heavy atom. The molecule has 0 fully saturated rings. The average Bonchev–Trinajstić information content (AvgIpc) is 2.96. The third kappa shape index (κ3) is 4.84. The molecule has 106 valence electrons. The minimum atomic E-state index is 0.100. The van der Waals surface area contributed by atoms with Gasteiger partial charge in [-0.3, -0.25) is 9.89 Å². The number of hydrogen-bond donors (Lipinski definition) is 2. The molecule has 1 amide bonds. The predicted molar refractivity (Wildman–Crippen MR) is 77.2 cm³/mol. The zero-order valence-electron chi connectivity index (χ0n) is 11.7. The van der Waals surface area contributed by atoms with Gasteiger partial charge in [-0.15, -0.1) is 0 Å². The first kappa shape index (κ1) is 14.2. The Morgan fingerprint density at radius 2 is 2.05 bits per heavy atom. The highest BCUT2D eigenvalue weighted by Crippen LogP contribution is 2.05. The van der Waals surface area contributed by atoms with Crippen molar-refractivity contribution in [3.8, 4) is 0 Å². The largest absolute Gasteiger partial charge is 0.356 e. The summed E-state index contributed by atoms with van der Waals surface area (Å²) >= 11 is 0. The summed E-state index contributed by atoms with van der Waals surface area (Å²) in [5.41, 5.74) is 2.44. The van der Waals surface area contributed by atoms with Gasteiger partial charge < -0.3 is 5.32 Å². The summed E-state index contributed by atoms with van der Waals surface area (Å²) in [6.07, 6.45) is 4.48. The van der Waals surface area contributed by atoms with Gasteiger partial charge in [0.2, 0.25) is 5.91 Å². The average molecular weight is 272 g/mol. The Hall–Kier alpha value is -2.17. The maximum Gasteiger partial charge on any atom is 0.220 e. The molecule has 5 heteroatoms.